The van der Waals surface area contributed by atoms with Crippen molar-refractivity contribution in [2.45, 2.75) is 64.0 Å². The van der Waals surface area contributed by atoms with Gasteiger partial charge in [-0.2, -0.15) is 5.26 Å². The van der Waals surface area contributed by atoms with Crippen molar-refractivity contribution in [3.8, 4) is 6.07 Å². The number of aryl methyl sites for hydroxylation is 1. The summed E-state index contributed by atoms with van der Waals surface area (Å²) in [4.78, 5) is 24.3. The van der Waals surface area contributed by atoms with Crippen LogP contribution < -0.4 is 5.32 Å². The number of esters is 1. The molecule has 0 atom stereocenters. The van der Waals surface area contributed by atoms with E-state index in [2.05, 4.69) is 16.0 Å². The summed E-state index contributed by atoms with van der Waals surface area (Å²) in [7, 11) is 0. The Labute approximate surface area is 141 Å². The fourth-order valence-corrected chi connectivity index (χ4v) is 3.63. The van der Waals surface area contributed by atoms with Crippen molar-refractivity contribution in [3.63, 3.8) is 0 Å². The molecule has 1 aromatic heterocycles. The van der Waals surface area contributed by atoms with E-state index in [0.717, 1.165) is 37.1 Å². The van der Waals surface area contributed by atoms with Crippen LogP contribution in [0, 0.1) is 25.2 Å². The zero-order valence-corrected chi connectivity index (χ0v) is 14.2. The number of hydrogen-bond acceptors (Lipinski definition) is 4. The van der Waals surface area contributed by atoms with Crippen LogP contribution in [0.3, 0.4) is 0 Å². The quantitative estimate of drug-likeness (QED) is 0.841. The molecule has 0 bridgehead atoms. The van der Waals surface area contributed by atoms with Gasteiger partial charge in [-0.1, -0.05) is 0 Å². The van der Waals surface area contributed by atoms with Gasteiger partial charge in [0, 0.05) is 17.4 Å². The van der Waals surface area contributed by atoms with Gasteiger partial charge in [0.1, 0.15) is 5.54 Å². The lowest BCUT2D eigenvalue weighted by atomic mass is 10.00. The number of nitriles is 1. The summed E-state index contributed by atoms with van der Waals surface area (Å²) in [6.07, 6.45) is 5.46. The number of ether oxygens (including phenoxy) is 1. The molecule has 0 saturated heterocycles. The fourth-order valence-electron chi connectivity index (χ4n) is 3.63. The summed E-state index contributed by atoms with van der Waals surface area (Å²) in [6.45, 7) is 3.53. The number of carbonyl (C=O) groups excluding carboxylic acids is 2. The van der Waals surface area contributed by atoms with Crippen molar-refractivity contribution in [2.75, 3.05) is 6.61 Å². The molecule has 2 aliphatic rings. The van der Waals surface area contributed by atoms with Gasteiger partial charge in [-0.05, 0) is 58.4 Å². The minimum absolute atomic E-state index is 0.352. The molecule has 24 heavy (non-hydrogen) atoms. The zero-order valence-electron chi connectivity index (χ0n) is 14.2. The van der Waals surface area contributed by atoms with E-state index in [4.69, 9.17) is 4.74 Å². The van der Waals surface area contributed by atoms with Crippen molar-refractivity contribution < 1.29 is 14.3 Å². The maximum atomic E-state index is 12.3. The summed E-state index contributed by atoms with van der Waals surface area (Å²) >= 11 is 0. The number of amides is 1. The molecule has 128 valence electrons. The molecule has 2 saturated carbocycles. The van der Waals surface area contributed by atoms with Crippen molar-refractivity contribution in [1.82, 2.24) is 9.88 Å². The molecule has 1 N–H and O–H groups in total. The molecule has 6 heteroatoms. The van der Waals surface area contributed by atoms with Gasteiger partial charge in [0.25, 0.3) is 5.91 Å². The molecule has 0 aromatic carbocycles. The van der Waals surface area contributed by atoms with E-state index < -0.39 is 17.4 Å². The molecule has 1 amide bonds. The van der Waals surface area contributed by atoms with Crippen molar-refractivity contribution >= 4 is 11.9 Å². The van der Waals surface area contributed by atoms with E-state index in [1.807, 2.05) is 19.9 Å². The maximum absolute atomic E-state index is 12.3. The number of hydrogen-bond donors (Lipinski definition) is 1. The van der Waals surface area contributed by atoms with Gasteiger partial charge in [-0.3, -0.25) is 4.79 Å². The summed E-state index contributed by atoms with van der Waals surface area (Å²) in [5, 5.41) is 12.0. The molecule has 2 aliphatic carbocycles. The number of rotatable bonds is 5. The van der Waals surface area contributed by atoms with E-state index in [1.165, 1.54) is 0 Å². The van der Waals surface area contributed by atoms with Crippen LogP contribution in [-0.2, 0) is 9.53 Å². The lowest BCUT2D eigenvalue weighted by Gasteiger charge is -2.21. The molecule has 1 aromatic rings. The standard InChI is InChI=1S/C18H23N3O3/c1-12-9-15(13(2)21(12)14-5-6-14)17(23)24-10-16(22)20-18(11-19)7-3-4-8-18/h9,14H,3-8,10H2,1-2H3,(H,20,22). The van der Waals surface area contributed by atoms with Gasteiger partial charge >= 0.3 is 5.97 Å². The van der Waals surface area contributed by atoms with Gasteiger partial charge < -0.3 is 14.6 Å². The van der Waals surface area contributed by atoms with Gasteiger partial charge in [-0.25, -0.2) is 4.79 Å². The normalized spacial score (nSPS) is 18.9. The van der Waals surface area contributed by atoms with E-state index in [0.29, 0.717) is 24.4 Å². The first-order chi connectivity index (χ1) is 11.5. The Bertz CT molecular complexity index is 704. The highest BCUT2D eigenvalue weighted by molar-refractivity contribution is 5.93. The van der Waals surface area contributed by atoms with Crippen LogP contribution in [0.1, 0.15) is 66.3 Å². The second-order valence-electron chi connectivity index (χ2n) is 6.91. The molecule has 0 aliphatic heterocycles. The van der Waals surface area contributed by atoms with Crippen LogP contribution in [-0.4, -0.2) is 28.6 Å². The Kier molecular flexibility index (Phi) is 4.35. The lowest BCUT2D eigenvalue weighted by molar-refractivity contribution is -0.125. The third-order valence-corrected chi connectivity index (χ3v) is 5.00. The van der Waals surface area contributed by atoms with Gasteiger partial charge in [0.05, 0.1) is 11.6 Å². The predicted molar refractivity (Wildman–Crippen MR) is 87.4 cm³/mol. The van der Waals surface area contributed by atoms with E-state index in [-0.39, 0.29) is 6.61 Å². The summed E-state index contributed by atoms with van der Waals surface area (Å²) in [5.41, 5.74) is 1.67. The first-order valence-electron chi connectivity index (χ1n) is 8.53. The highest BCUT2D eigenvalue weighted by Gasteiger charge is 2.35. The smallest absolute Gasteiger partial charge is 0.340 e. The minimum Gasteiger partial charge on any atom is -0.452 e. The molecule has 1 heterocycles. The molecule has 0 unspecified atom stereocenters. The Morgan fingerprint density at radius 2 is 2.04 bits per heavy atom. The zero-order chi connectivity index (χ0) is 17.3. The summed E-state index contributed by atoms with van der Waals surface area (Å²) in [6, 6.07) is 4.51. The van der Waals surface area contributed by atoms with Gasteiger partial charge in [0.15, 0.2) is 6.61 Å². The molecule has 0 spiro atoms. The Morgan fingerprint density at radius 1 is 1.38 bits per heavy atom. The number of nitrogens with one attached hydrogen (secondary N) is 1. The molecule has 6 nitrogen and oxygen atoms in total. The van der Waals surface area contributed by atoms with Crippen LogP contribution in [0.4, 0.5) is 0 Å². The second-order valence-corrected chi connectivity index (χ2v) is 6.91. The predicted octanol–water partition coefficient (Wildman–Crippen LogP) is 2.55. The minimum atomic E-state index is -0.786. The van der Waals surface area contributed by atoms with Crippen LogP contribution in [0.5, 0.6) is 0 Å². The maximum Gasteiger partial charge on any atom is 0.340 e. The molecule has 0 radical (unpaired) electrons. The number of nitrogens with zero attached hydrogens (tertiary/aromatic N) is 2. The Morgan fingerprint density at radius 3 is 2.62 bits per heavy atom. The molecule has 3 rings (SSSR count). The summed E-state index contributed by atoms with van der Waals surface area (Å²) in [5.74, 6) is -0.898. The average molecular weight is 329 g/mol. The molecular weight excluding hydrogens is 306 g/mol. The van der Waals surface area contributed by atoms with Crippen molar-refractivity contribution in [1.29, 1.82) is 5.26 Å². The highest BCUT2D eigenvalue weighted by Crippen LogP contribution is 2.38. The Balaban J connectivity index is 1.59. The largest absolute Gasteiger partial charge is 0.452 e. The third kappa shape index (κ3) is 3.16. The van der Waals surface area contributed by atoms with Gasteiger partial charge in [-0.15, -0.1) is 0 Å². The fraction of sp³-hybridized carbons (Fsp3) is 0.611. The first-order valence-corrected chi connectivity index (χ1v) is 8.53. The van der Waals surface area contributed by atoms with E-state index in [1.54, 1.807) is 0 Å². The monoisotopic (exact) mass is 329 g/mol. The SMILES string of the molecule is Cc1cc(C(=O)OCC(=O)NC2(C#N)CCCC2)c(C)n1C1CC1. The highest BCUT2D eigenvalue weighted by atomic mass is 16.5. The second kappa shape index (κ2) is 6.31. The van der Waals surface area contributed by atoms with E-state index >= 15 is 0 Å². The van der Waals surface area contributed by atoms with Crippen molar-refractivity contribution in [3.05, 3.63) is 23.0 Å². The van der Waals surface area contributed by atoms with Crippen molar-refractivity contribution in [2.24, 2.45) is 0 Å². The molecular formula is C18H23N3O3. The van der Waals surface area contributed by atoms with Crippen LogP contribution in [0.25, 0.3) is 0 Å². The first kappa shape index (κ1) is 16.6. The van der Waals surface area contributed by atoms with Crippen LogP contribution >= 0.6 is 0 Å². The topological polar surface area (TPSA) is 84.1 Å². The average Bonchev–Trinajstić information content (AvgIpc) is 3.20. The number of aromatic nitrogens is 1. The van der Waals surface area contributed by atoms with Crippen LogP contribution in [0.2, 0.25) is 0 Å². The molecule has 2 fully saturated rings. The van der Waals surface area contributed by atoms with Gasteiger partial charge in [0.2, 0.25) is 0 Å². The number of carbonyl (C=O) groups is 2. The Hall–Kier alpha value is -2.29. The van der Waals surface area contributed by atoms with Crippen LogP contribution in [0.15, 0.2) is 6.07 Å². The third-order valence-electron chi connectivity index (χ3n) is 5.00. The van der Waals surface area contributed by atoms with E-state index in [9.17, 15) is 14.9 Å². The lowest BCUT2D eigenvalue weighted by Crippen LogP contribution is -2.46. The summed E-state index contributed by atoms with van der Waals surface area (Å²) < 4.78 is 7.33.